The van der Waals surface area contributed by atoms with Crippen LogP contribution in [0, 0.1) is 12.8 Å². The zero-order chi connectivity index (χ0) is 23.4. The van der Waals surface area contributed by atoms with Crippen molar-refractivity contribution in [1.29, 1.82) is 0 Å². The van der Waals surface area contributed by atoms with Crippen LogP contribution in [-0.4, -0.2) is 57.4 Å². The van der Waals surface area contributed by atoms with Crippen molar-refractivity contribution in [2.75, 3.05) is 37.7 Å². The Kier molecular flexibility index (Phi) is 7.11. The normalized spacial score (nSPS) is 19.6. The predicted molar refractivity (Wildman–Crippen MR) is 125 cm³/mol. The summed E-state index contributed by atoms with van der Waals surface area (Å²) in [5.74, 6) is -0.842. The number of nitrogens with one attached hydrogen (secondary N) is 1. The number of sulfonamides is 1. The van der Waals surface area contributed by atoms with Crippen LogP contribution in [0.5, 0.6) is 0 Å². The van der Waals surface area contributed by atoms with Crippen molar-refractivity contribution in [3.05, 3.63) is 65.2 Å². The molecule has 0 spiro atoms. The highest BCUT2D eigenvalue weighted by atomic mass is 32.2. The maximum atomic E-state index is 12.8. The third kappa shape index (κ3) is 5.61. The average Bonchev–Trinajstić information content (AvgIpc) is 3.21. The summed E-state index contributed by atoms with van der Waals surface area (Å²) in [7, 11) is -3.47. The van der Waals surface area contributed by atoms with Gasteiger partial charge in [-0.3, -0.25) is 9.59 Å². The Labute approximate surface area is 194 Å². The first-order chi connectivity index (χ1) is 15.8. The van der Waals surface area contributed by atoms with Crippen molar-refractivity contribution in [2.45, 2.75) is 25.6 Å². The van der Waals surface area contributed by atoms with E-state index in [1.165, 1.54) is 4.31 Å². The molecule has 2 fully saturated rings. The van der Waals surface area contributed by atoms with E-state index >= 15 is 0 Å². The van der Waals surface area contributed by atoms with Crippen LogP contribution >= 0.6 is 0 Å². The highest BCUT2D eigenvalue weighted by Gasteiger charge is 2.35. The molecule has 0 aliphatic carbocycles. The largest absolute Gasteiger partial charge is 0.379 e. The number of hydrogen-bond acceptors (Lipinski definition) is 5. The van der Waals surface area contributed by atoms with Gasteiger partial charge in [-0.05, 0) is 30.2 Å². The summed E-state index contributed by atoms with van der Waals surface area (Å²) < 4.78 is 32.3. The Morgan fingerprint density at radius 2 is 1.73 bits per heavy atom. The van der Waals surface area contributed by atoms with Gasteiger partial charge in [-0.1, -0.05) is 42.0 Å². The van der Waals surface area contributed by atoms with E-state index in [1.54, 1.807) is 17.0 Å². The second-order valence-electron chi connectivity index (χ2n) is 8.50. The molecule has 2 heterocycles. The van der Waals surface area contributed by atoms with E-state index in [-0.39, 0.29) is 30.5 Å². The molecule has 2 aromatic carbocycles. The molecule has 4 rings (SSSR count). The molecule has 2 saturated heterocycles. The number of benzene rings is 2. The van der Waals surface area contributed by atoms with Gasteiger partial charge >= 0.3 is 0 Å². The number of morpholine rings is 1. The molecule has 0 saturated carbocycles. The molecule has 0 unspecified atom stereocenters. The molecular weight excluding hydrogens is 442 g/mol. The number of nitrogens with zero attached hydrogens (tertiary/aromatic N) is 2. The van der Waals surface area contributed by atoms with Gasteiger partial charge in [0.2, 0.25) is 21.8 Å². The minimum Gasteiger partial charge on any atom is -0.379 e. The number of ether oxygens (including phenoxy) is 1. The van der Waals surface area contributed by atoms with E-state index in [9.17, 15) is 18.0 Å². The van der Waals surface area contributed by atoms with Crippen molar-refractivity contribution in [2.24, 2.45) is 5.92 Å². The molecule has 0 radical (unpaired) electrons. The van der Waals surface area contributed by atoms with Gasteiger partial charge in [0.05, 0.1) is 24.9 Å². The SMILES string of the molecule is Cc1ccc(N2C[C@H](C(=O)NCc3ccccc3CS(=O)(=O)N3CCOCC3)CC2=O)cc1. The summed E-state index contributed by atoms with van der Waals surface area (Å²) in [5.41, 5.74) is 3.31. The molecule has 176 valence electrons. The Morgan fingerprint density at radius 1 is 1.06 bits per heavy atom. The molecule has 2 aromatic rings. The fourth-order valence-electron chi connectivity index (χ4n) is 4.17. The van der Waals surface area contributed by atoms with Crippen LogP contribution in [0.25, 0.3) is 0 Å². The Balaban J connectivity index is 1.38. The highest BCUT2D eigenvalue weighted by molar-refractivity contribution is 7.88. The maximum Gasteiger partial charge on any atom is 0.227 e. The molecule has 1 atom stereocenters. The van der Waals surface area contributed by atoms with Gasteiger partial charge in [0.1, 0.15) is 0 Å². The number of hydrogen-bond donors (Lipinski definition) is 1. The van der Waals surface area contributed by atoms with Crippen molar-refractivity contribution >= 4 is 27.5 Å². The standard InChI is InChI=1S/C24H29N3O5S/c1-18-6-8-22(9-7-18)27-16-21(14-23(27)28)24(29)25-15-19-4-2-3-5-20(19)17-33(30,31)26-10-12-32-13-11-26/h2-9,21H,10-17H2,1H3,(H,25,29)/t21-/m1/s1. The van der Waals surface area contributed by atoms with Gasteiger partial charge < -0.3 is 15.0 Å². The molecular formula is C24H29N3O5S. The van der Waals surface area contributed by atoms with Crippen molar-refractivity contribution in [3.8, 4) is 0 Å². The lowest BCUT2D eigenvalue weighted by molar-refractivity contribution is -0.126. The summed E-state index contributed by atoms with van der Waals surface area (Å²) in [5, 5.41) is 2.90. The summed E-state index contributed by atoms with van der Waals surface area (Å²) in [6.07, 6.45) is 0.159. The van der Waals surface area contributed by atoms with Gasteiger partial charge in [-0.15, -0.1) is 0 Å². The van der Waals surface area contributed by atoms with Gasteiger partial charge in [0, 0.05) is 38.3 Å². The number of amides is 2. The Morgan fingerprint density at radius 3 is 2.42 bits per heavy atom. The molecule has 2 aliphatic heterocycles. The van der Waals surface area contributed by atoms with Crippen LogP contribution in [0.1, 0.15) is 23.1 Å². The van der Waals surface area contributed by atoms with Crippen LogP contribution in [0.2, 0.25) is 0 Å². The van der Waals surface area contributed by atoms with E-state index in [4.69, 9.17) is 4.74 Å². The first-order valence-electron chi connectivity index (χ1n) is 11.1. The highest BCUT2D eigenvalue weighted by Crippen LogP contribution is 2.26. The number of anilines is 1. The number of rotatable bonds is 7. The van der Waals surface area contributed by atoms with Crippen LogP contribution in [0.3, 0.4) is 0 Å². The molecule has 2 aliphatic rings. The minimum absolute atomic E-state index is 0.0731. The van der Waals surface area contributed by atoms with Crippen molar-refractivity contribution < 1.29 is 22.7 Å². The van der Waals surface area contributed by atoms with Gasteiger partial charge in [-0.25, -0.2) is 8.42 Å². The maximum absolute atomic E-state index is 12.8. The fraction of sp³-hybridized carbons (Fsp3) is 0.417. The van der Waals surface area contributed by atoms with Crippen LogP contribution in [0.15, 0.2) is 48.5 Å². The van der Waals surface area contributed by atoms with Crippen LogP contribution in [0.4, 0.5) is 5.69 Å². The summed E-state index contributed by atoms with van der Waals surface area (Å²) in [4.78, 5) is 26.9. The van der Waals surface area contributed by atoms with E-state index in [0.29, 0.717) is 38.4 Å². The first kappa shape index (κ1) is 23.4. The van der Waals surface area contributed by atoms with E-state index in [2.05, 4.69) is 5.32 Å². The molecule has 8 nitrogen and oxygen atoms in total. The Hall–Kier alpha value is -2.75. The van der Waals surface area contributed by atoms with E-state index < -0.39 is 15.9 Å². The molecule has 0 aromatic heterocycles. The van der Waals surface area contributed by atoms with Gasteiger partial charge in [0.15, 0.2) is 0 Å². The molecule has 9 heteroatoms. The van der Waals surface area contributed by atoms with Gasteiger partial charge in [0.25, 0.3) is 0 Å². The zero-order valence-corrected chi connectivity index (χ0v) is 19.5. The number of carbonyl (C=O) groups is 2. The molecule has 33 heavy (non-hydrogen) atoms. The number of aryl methyl sites for hydroxylation is 1. The zero-order valence-electron chi connectivity index (χ0n) is 18.7. The third-order valence-electron chi connectivity index (χ3n) is 6.11. The lowest BCUT2D eigenvalue weighted by Crippen LogP contribution is -2.41. The third-order valence-corrected chi connectivity index (χ3v) is 7.94. The van der Waals surface area contributed by atoms with E-state index in [0.717, 1.165) is 16.8 Å². The second kappa shape index (κ2) is 10.0. The fourth-order valence-corrected chi connectivity index (χ4v) is 5.73. The number of carbonyl (C=O) groups excluding carboxylic acids is 2. The molecule has 1 N–H and O–H groups in total. The summed E-state index contributed by atoms with van der Waals surface area (Å²) >= 11 is 0. The van der Waals surface area contributed by atoms with Crippen LogP contribution < -0.4 is 10.2 Å². The quantitative estimate of drug-likeness (QED) is 0.665. The second-order valence-corrected chi connectivity index (χ2v) is 10.5. The molecule has 0 bridgehead atoms. The lowest BCUT2D eigenvalue weighted by Gasteiger charge is -2.26. The molecule has 2 amide bonds. The lowest BCUT2D eigenvalue weighted by atomic mass is 10.1. The van der Waals surface area contributed by atoms with E-state index in [1.807, 2.05) is 43.3 Å². The van der Waals surface area contributed by atoms with Gasteiger partial charge in [-0.2, -0.15) is 4.31 Å². The average molecular weight is 472 g/mol. The van der Waals surface area contributed by atoms with Crippen molar-refractivity contribution in [1.82, 2.24) is 9.62 Å². The smallest absolute Gasteiger partial charge is 0.227 e. The topological polar surface area (TPSA) is 96.0 Å². The van der Waals surface area contributed by atoms with Crippen molar-refractivity contribution in [3.63, 3.8) is 0 Å². The monoisotopic (exact) mass is 471 g/mol. The first-order valence-corrected chi connectivity index (χ1v) is 12.7. The minimum atomic E-state index is -3.47. The summed E-state index contributed by atoms with van der Waals surface area (Å²) in [6, 6.07) is 14.9. The predicted octanol–water partition coefficient (Wildman–Crippen LogP) is 1.83. The summed E-state index contributed by atoms with van der Waals surface area (Å²) in [6.45, 7) is 4.04. The Bertz CT molecular complexity index is 1110. The van der Waals surface area contributed by atoms with Crippen LogP contribution in [-0.2, 0) is 36.6 Å².